The highest BCUT2D eigenvalue weighted by Gasteiger charge is 2.23. The molecular weight excluding hydrogens is 586 g/mol. The number of halogens is 2. The third kappa shape index (κ3) is 8.59. The molecule has 44 heavy (non-hydrogen) atoms. The smallest absolute Gasteiger partial charge is 0.264 e. The Labute approximate surface area is 256 Å². The maximum atomic E-state index is 13.9. The quantitative estimate of drug-likeness (QED) is 0.208. The highest BCUT2D eigenvalue weighted by atomic mass is 32.2. The van der Waals surface area contributed by atoms with Gasteiger partial charge in [0.05, 0.1) is 17.5 Å². The molecule has 0 aliphatic carbocycles. The number of aryl methyl sites for hydroxylation is 3. The molecule has 0 aliphatic rings. The molecule has 1 unspecified atom stereocenters. The number of aromatic nitrogens is 2. The molecule has 0 saturated carbocycles. The van der Waals surface area contributed by atoms with Crippen LogP contribution in [0.15, 0.2) is 78.0 Å². The van der Waals surface area contributed by atoms with E-state index >= 15 is 0 Å². The minimum Gasteiger partial charge on any atom is -0.345 e. The number of hydrogen-bond acceptors (Lipinski definition) is 5. The summed E-state index contributed by atoms with van der Waals surface area (Å²) in [6.45, 7) is 8.63. The van der Waals surface area contributed by atoms with Crippen LogP contribution in [0.4, 0.5) is 8.78 Å². The second-order valence-corrected chi connectivity index (χ2v) is 13.1. The lowest BCUT2D eigenvalue weighted by atomic mass is 9.93. The van der Waals surface area contributed by atoms with Gasteiger partial charge in [0.15, 0.2) is 11.6 Å². The Morgan fingerprint density at radius 2 is 1.68 bits per heavy atom. The van der Waals surface area contributed by atoms with Gasteiger partial charge < -0.3 is 5.32 Å². The Hall–Kier alpha value is -4.38. The number of carbonyl (C=O) groups is 2. The van der Waals surface area contributed by atoms with Gasteiger partial charge in [0.1, 0.15) is 0 Å². The lowest BCUT2D eigenvalue weighted by Gasteiger charge is -2.23. The molecule has 0 aliphatic heterocycles. The zero-order valence-electron chi connectivity index (χ0n) is 25.1. The molecule has 0 saturated heterocycles. The minimum atomic E-state index is -4.43. The molecule has 3 aromatic carbocycles. The number of nitrogens with one attached hydrogen (secondary N) is 2. The van der Waals surface area contributed by atoms with E-state index in [4.69, 9.17) is 0 Å². The SMILES string of the molecule is Cc1cc(C)cc(C(CC(C)C)NC(=O)c2cc(Cn3cccn3)ccc2CCC(=O)NS(=O)(=O)c2ccc(F)c(F)c2)c1. The number of sulfonamides is 1. The van der Waals surface area contributed by atoms with E-state index in [-0.39, 0.29) is 24.8 Å². The first-order valence-corrected chi connectivity index (χ1v) is 15.8. The molecular formula is C33H36F2N4O4S. The van der Waals surface area contributed by atoms with E-state index in [0.29, 0.717) is 42.1 Å². The van der Waals surface area contributed by atoms with Crippen molar-refractivity contribution < 1.29 is 26.8 Å². The van der Waals surface area contributed by atoms with Crippen LogP contribution in [-0.2, 0) is 27.8 Å². The van der Waals surface area contributed by atoms with Gasteiger partial charge in [-0.05, 0) is 79.6 Å². The Morgan fingerprint density at radius 1 is 0.955 bits per heavy atom. The summed E-state index contributed by atoms with van der Waals surface area (Å²) in [5.41, 5.74) is 4.92. The van der Waals surface area contributed by atoms with Gasteiger partial charge in [0.2, 0.25) is 5.91 Å². The van der Waals surface area contributed by atoms with Crippen LogP contribution in [0.3, 0.4) is 0 Å². The molecule has 11 heteroatoms. The third-order valence-electron chi connectivity index (χ3n) is 7.05. The Kier molecular flexibility index (Phi) is 10.3. The number of amides is 2. The zero-order chi connectivity index (χ0) is 32.0. The molecule has 4 aromatic rings. The maximum absolute atomic E-state index is 13.9. The minimum absolute atomic E-state index is 0.0579. The summed E-state index contributed by atoms with van der Waals surface area (Å²) in [7, 11) is -4.43. The van der Waals surface area contributed by atoms with Crippen LogP contribution in [0, 0.1) is 31.4 Å². The monoisotopic (exact) mass is 622 g/mol. The molecule has 232 valence electrons. The van der Waals surface area contributed by atoms with E-state index in [1.807, 2.05) is 30.8 Å². The molecule has 2 amide bonds. The standard InChI is InChI=1S/C33H36F2N4O4S/c1-21(2)14-31(26-16-22(3)15-23(4)17-26)37-33(41)28-18-24(20-39-13-5-12-36-39)6-7-25(28)8-11-32(40)38-44(42,43)27-9-10-29(34)30(35)19-27/h5-7,9-10,12-13,15-19,21,31H,8,11,14,20H2,1-4H3,(H,37,41)(H,38,40). The number of rotatable bonds is 12. The molecule has 0 fully saturated rings. The highest BCUT2D eigenvalue weighted by Crippen LogP contribution is 2.25. The van der Waals surface area contributed by atoms with Crippen molar-refractivity contribution in [2.75, 3.05) is 0 Å². The van der Waals surface area contributed by atoms with Crippen LogP contribution in [0.1, 0.15) is 70.9 Å². The Morgan fingerprint density at radius 3 is 2.32 bits per heavy atom. The molecule has 1 atom stereocenters. The number of nitrogens with zero attached hydrogens (tertiary/aromatic N) is 2. The van der Waals surface area contributed by atoms with E-state index in [1.165, 1.54) is 0 Å². The predicted molar refractivity (Wildman–Crippen MR) is 163 cm³/mol. The molecule has 0 spiro atoms. The summed E-state index contributed by atoms with van der Waals surface area (Å²) in [5.74, 6) is -3.42. The summed E-state index contributed by atoms with van der Waals surface area (Å²) < 4.78 is 55.7. The van der Waals surface area contributed by atoms with Crippen LogP contribution in [-0.4, -0.2) is 30.0 Å². The number of carbonyl (C=O) groups excluding carboxylic acids is 2. The van der Waals surface area contributed by atoms with Crippen molar-refractivity contribution in [3.8, 4) is 0 Å². The van der Waals surface area contributed by atoms with Crippen LogP contribution < -0.4 is 10.0 Å². The van der Waals surface area contributed by atoms with E-state index in [9.17, 15) is 26.8 Å². The van der Waals surface area contributed by atoms with Gasteiger partial charge in [-0.1, -0.05) is 55.3 Å². The van der Waals surface area contributed by atoms with E-state index in [1.54, 1.807) is 29.1 Å². The lowest BCUT2D eigenvalue weighted by molar-refractivity contribution is -0.119. The summed E-state index contributed by atoms with van der Waals surface area (Å²) in [5, 5.41) is 7.43. The highest BCUT2D eigenvalue weighted by molar-refractivity contribution is 7.90. The van der Waals surface area contributed by atoms with Crippen LogP contribution in [0.5, 0.6) is 0 Å². The largest absolute Gasteiger partial charge is 0.345 e. The summed E-state index contributed by atoms with van der Waals surface area (Å²) in [6.07, 6.45) is 3.97. The van der Waals surface area contributed by atoms with Crippen molar-refractivity contribution in [2.45, 2.75) is 64.4 Å². The van der Waals surface area contributed by atoms with Gasteiger partial charge in [-0.15, -0.1) is 0 Å². The zero-order valence-corrected chi connectivity index (χ0v) is 25.9. The fraction of sp³-hybridized carbons (Fsp3) is 0.303. The van der Waals surface area contributed by atoms with Gasteiger partial charge in [0, 0.05) is 24.4 Å². The van der Waals surface area contributed by atoms with Crippen molar-refractivity contribution in [3.63, 3.8) is 0 Å². The van der Waals surface area contributed by atoms with Crippen LogP contribution in [0.25, 0.3) is 0 Å². The average Bonchev–Trinajstić information content (AvgIpc) is 3.45. The summed E-state index contributed by atoms with van der Waals surface area (Å²) in [4.78, 5) is 26.0. The third-order valence-corrected chi connectivity index (χ3v) is 8.42. The van der Waals surface area contributed by atoms with Gasteiger partial charge >= 0.3 is 0 Å². The summed E-state index contributed by atoms with van der Waals surface area (Å²) in [6, 6.07) is 15.1. The molecule has 1 aromatic heterocycles. The summed E-state index contributed by atoms with van der Waals surface area (Å²) >= 11 is 0. The van der Waals surface area contributed by atoms with Crippen molar-refractivity contribution in [2.24, 2.45) is 5.92 Å². The topological polar surface area (TPSA) is 110 Å². The van der Waals surface area contributed by atoms with Crippen LogP contribution >= 0.6 is 0 Å². The first kappa shape index (κ1) is 32.5. The van der Waals surface area contributed by atoms with Gasteiger partial charge in [-0.25, -0.2) is 21.9 Å². The van der Waals surface area contributed by atoms with Crippen molar-refractivity contribution in [1.29, 1.82) is 0 Å². The number of benzene rings is 3. The first-order chi connectivity index (χ1) is 20.8. The molecule has 0 bridgehead atoms. The van der Waals surface area contributed by atoms with E-state index < -0.39 is 32.5 Å². The lowest BCUT2D eigenvalue weighted by Crippen LogP contribution is -2.32. The maximum Gasteiger partial charge on any atom is 0.264 e. The van der Waals surface area contributed by atoms with Gasteiger partial charge in [-0.3, -0.25) is 14.3 Å². The molecule has 2 N–H and O–H groups in total. The second kappa shape index (κ2) is 13.9. The molecule has 4 rings (SSSR count). The normalized spacial score (nSPS) is 12.2. The Bertz CT molecular complexity index is 1740. The number of hydrogen-bond donors (Lipinski definition) is 2. The van der Waals surface area contributed by atoms with Crippen molar-refractivity contribution >= 4 is 21.8 Å². The first-order valence-electron chi connectivity index (χ1n) is 14.3. The Balaban J connectivity index is 1.58. The fourth-order valence-electron chi connectivity index (χ4n) is 5.08. The average molecular weight is 623 g/mol. The van der Waals surface area contributed by atoms with E-state index in [0.717, 1.165) is 28.3 Å². The molecule has 0 radical (unpaired) electrons. The van der Waals surface area contributed by atoms with Crippen molar-refractivity contribution in [3.05, 3.63) is 118 Å². The van der Waals surface area contributed by atoms with Crippen molar-refractivity contribution in [1.82, 2.24) is 19.8 Å². The van der Waals surface area contributed by atoms with Gasteiger partial charge in [-0.2, -0.15) is 5.10 Å². The van der Waals surface area contributed by atoms with Crippen LogP contribution in [0.2, 0.25) is 0 Å². The molecule has 8 nitrogen and oxygen atoms in total. The molecule has 1 heterocycles. The predicted octanol–water partition coefficient (Wildman–Crippen LogP) is 5.78. The second-order valence-electron chi connectivity index (χ2n) is 11.4. The fourth-order valence-corrected chi connectivity index (χ4v) is 6.11. The van der Waals surface area contributed by atoms with E-state index in [2.05, 4.69) is 42.5 Å². The van der Waals surface area contributed by atoms with Gasteiger partial charge in [0.25, 0.3) is 15.9 Å².